The largest absolute Gasteiger partial charge is 0.462 e. The lowest BCUT2D eigenvalue weighted by Crippen LogP contribution is -2.55. The van der Waals surface area contributed by atoms with Crippen molar-refractivity contribution in [3.8, 4) is 0 Å². The third-order valence-corrected chi connectivity index (χ3v) is 11.8. The highest BCUT2D eigenvalue weighted by molar-refractivity contribution is 5.94. The minimum absolute atomic E-state index is 0.0303. The fourth-order valence-corrected chi connectivity index (χ4v) is 9.27. The lowest BCUT2D eigenvalue weighted by molar-refractivity contribution is -0.153. The van der Waals surface area contributed by atoms with Crippen LogP contribution in [0.5, 0.6) is 0 Å². The summed E-state index contributed by atoms with van der Waals surface area (Å²) >= 11 is 0. The van der Waals surface area contributed by atoms with E-state index >= 15 is 0 Å². The smallest absolute Gasteiger partial charge is 0.302 e. The first-order valence-corrected chi connectivity index (χ1v) is 14.6. The molecule has 4 aliphatic rings. The Morgan fingerprint density at radius 3 is 2.40 bits per heavy atom. The maximum atomic E-state index is 13.6. The third-order valence-electron chi connectivity index (χ3n) is 11.8. The van der Waals surface area contributed by atoms with Gasteiger partial charge < -0.3 is 4.74 Å². The molecule has 0 N–H and O–H groups in total. The number of fused-ring (bicyclic) bond motifs is 5. The molecule has 0 aromatic carbocycles. The topological polar surface area (TPSA) is 43.4 Å². The van der Waals surface area contributed by atoms with E-state index in [1.165, 1.54) is 31.3 Å². The number of carbonyl (C=O) groups excluding carboxylic acids is 2. The zero-order valence-electron chi connectivity index (χ0n) is 24.1. The van der Waals surface area contributed by atoms with Gasteiger partial charge in [0.05, 0.1) is 0 Å². The summed E-state index contributed by atoms with van der Waals surface area (Å²) in [6.45, 7) is 20.5. The van der Waals surface area contributed by atoms with E-state index in [1.54, 1.807) is 6.92 Å². The molecule has 35 heavy (non-hydrogen) atoms. The number of ketones is 1. The van der Waals surface area contributed by atoms with Gasteiger partial charge in [-0.3, -0.25) is 9.59 Å². The van der Waals surface area contributed by atoms with Crippen LogP contribution in [0, 0.1) is 51.2 Å². The van der Waals surface area contributed by atoms with Gasteiger partial charge in [-0.05, 0) is 103 Å². The monoisotopic (exact) mass is 484 g/mol. The first-order chi connectivity index (χ1) is 16.1. The van der Waals surface area contributed by atoms with Crippen LogP contribution in [0.25, 0.3) is 0 Å². The molecule has 3 saturated carbocycles. The van der Waals surface area contributed by atoms with Gasteiger partial charge in [0.1, 0.15) is 6.10 Å². The second-order valence-electron chi connectivity index (χ2n) is 15.0. The molecule has 3 heteroatoms. The molecule has 0 radical (unpaired) electrons. The van der Waals surface area contributed by atoms with Gasteiger partial charge >= 0.3 is 5.97 Å². The Labute approximate surface area is 215 Å². The van der Waals surface area contributed by atoms with Crippen LogP contribution >= 0.6 is 0 Å². The Balaban J connectivity index is 1.64. The molecular weight excluding hydrogens is 432 g/mol. The first kappa shape index (κ1) is 26.9. The van der Waals surface area contributed by atoms with E-state index in [2.05, 4.69) is 61.5 Å². The predicted molar refractivity (Wildman–Crippen MR) is 143 cm³/mol. The van der Waals surface area contributed by atoms with E-state index in [0.717, 1.165) is 32.1 Å². The average molecular weight is 485 g/mol. The highest BCUT2D eigenvalue weighted by atomic mass is 16.5. The van der Waals surface area contributed by atoms with Gasteiger partial charge in [-0.25, -0.2) is 0 Å². The van der Waals surface area contributed by atoms with E-state index in [4.69, 9.17) is 4.74 Å². The minimum atomic E-state index is -0.156. The van der Waals surface area contributed by atoms with Gasteiger partial charge in [-0.2, -0.15) is 0 Å². The lowest BCUT2D eigenvalue weighted by atomic mass is 9.43. The van der Waals surface area contributed by atoms with Crippen LogP contribution in [0.2, 0.25) is 0 Å². The Hall–Kier alpha value is -1.12. The standard InChI is InChI=1S/C32H52O3/c1-20-10-15-30(7)24-12-17-31(8)23(21(2)28(35-22(3)33)13-14-29(4,5)6)11-16-32(31,9)25(24)19-27(34)26(30)18-20/h19-21,23-24,26,28H,10-18H2,1-9H3/t20-,21-,23+,24?,26-,28+,30+,31+,32-/m0/s1. The predicted octanol–water partition coefficient (Wildman–Crippen LogP) is 8.16. The molecule has 0 aromatic heterocycles. The maximum Gasteiger partial charge on any atom is 0.302 e. The van der Waals surface area contributed by atoms with Crippen molar-refractivity contribution in [1.29, 1.82) is 0 Å². The van der Waals surface area contributed by atoms with Gasteiger partial charge in [-0.15, -0.1) is 0 Å². The number of carbonyl (C=O) groups is 2. The van der Waals surface area contributed by atoms with Crippen LogP contribution < -0.4 is 0 Å². The number of hydrogen-bond donors (Lipinski definition) is 0. The summed E-state index contributed by atoms with van der Waals surface area (Å²) in [6, 6.07) is 0. The molecule has 4 aliphatic carbocycles. The van der Waals surface area contributed by atoms with Crippen molar-refractivity contribution in [3.63, 3.8) is 0 Å². The molecule has 0 saturated heterocycles. The summed E-state index contributed by atoms with van der Waals surface area (Å²) in [5, 5.41) is 0. The number of esters is 1. The molecule has 0 spiro atoms. The molecule has 0 amide bonds. The summed E-state index contributed by atoms with van der Waals surface area (Å²) in [5.41, 5.74) is 2.04. The minimum Gasteiger partial charge on any atom is -0.462 e. The molecule has 0 bridgehead atoms. The van der Waals surface area contributed by atoms with Crippen LogP contribution in [0.3, 0.4) is 0 Å². The van der Waals surface area contributed by atoms with Gasteiger partial charge in [0.25, 0.3) is 0 Å². The van der Waals surface area contributed by atoms with Crippen LogP contribution in [0.15, 0.2) is 11.6 Å². The summed E-state index contributed by atoms with van der Waals surface area (Å²) in [7, 11) is 0. The summed E-state index contributed by atoms with van der Waals surface area (Å²) in [4.78, 5) is 25.6. The zero-order chi connectivity index (χ0) is 26.0. The molecule has 3 fully saturated rings. The maximum absolute atomic E-state index is 13.6. The highest BCUT2D eigenvalue weighted by Gasteiger charge is 2.65. The fourth-order valence-electron chi connectivity index (χ4n) is 9.27. The third kappa shape index (κ3) is 4.46. The molecule has 9 atom stereocenters. The number of allylic oxidation sites excluding steroid dienone is 2. The van der Waals surface area contributed by atoms with Crippen LogP contribution in [-0.4, -0.2) is 17.9 Å². The fraction of sp³-hybridized carbons (Fsp3) is 0.875. The van der Waals surface area contributed by atoms with Crippen molar-refractivity contribution in [1.82, 2.24) is 0 Å². The molecule has 3 nitrogen and oxygen atoms in total. The van der Waals surface area contributed by atoms with Crippen molar-refractivity contribution in [2.75, 3.05) is 0 Å². The molecule has 0 aromatic rings. The van der Waals surface area contributed by atoms with E-state index in [-0.39, 0.29) is 39.7 Å². The van der Waals surface area contributed by atoms with Crippen LogP contribution in [0.4, 0.5) is 0 Å². The molecule has 1 unspecified atom stereocenters. The van der Waals surface area contributed by atoms with Crippen LogP contribution in [0.1, 0.15) is 120 Å². The Bertz CT molecular complexity index is 880. The van der Waals surface area contributed by atoms with E-state index in [9.17, 15) is 9.59 Å². The Morgan fingerprint density at radius 1 is 1.09 bits per heavy atom. The number of hydrogen-bond acceptors (Lipinski definition) is 3. The normalized spacial score (nSPS) is 42.9. The second kappa shape index (κ2) is 9.02. The quantitative estimate of drug-likeness (QED) is 0.370. The Kier molecular flexibility index (Phi) is 6.94. The Morgan fingerprint density at radius 2 is 1.77 bits per heavy atom. The van der Waals surface area contributed by atoms with Gasteiger partial charge in [0, 0.05) is 12.8 Å². The van der Waals surface area contributed by atoms with Crippen molar-refractivity contribution in [2.24, 2.45) is 51.2 Å². The van der Waals surface area contributed by atoms with E-state index < -0.39 is 0 Å². The molecule has 0 heterocycles. The summed E-state index contributed by atoms with van der Waals surface area (Å²) in [5.74, 6) is 2.52. The van der Waals surface area contributed by atoms with Gasteiger partial charge in [-0.1, -0.05) is 67.4 Å². The zero-order valence-corrected chi connectivity index (χ0v) is 24.1. The summed E-state index contributed by atoms with van der Waals surface area (Å²) in [6.07, 6.45) is 12.4. The first-order valence-electron chi connectivity index (χ1n) is 14.6. The van der Waals surface area contributed by atoms with Crippen LogP contribution in [-0.2, 0) is 14.3 Å². The highest BCUT2D eigenvalue weighted by Crippen LogP contribution is 2.72. The van der Waals surface area contributed by atoms with E-state index in [1.807, 2.05) is 0 Å². The molecule has 4 rings (SSSR count). The second-order valence-corrected chi connectivity index (χ2v) is 15.0. The molecular formula is C32H52O3. The van der Waals surface area contributed by atoms with Crippen molar-refractivity contribution < 1.29 is 14.3 Å². The number of rotatable bonds is 5. The lowest BCUT2D eigenvalue weighted by Gasteiger charge is -2.61. The van der Waals surface area contributed by atoms with Gasteiger partial charge in [0.2, 0.25) is 0 Å². The molecule has 0 aliphatic heterocycles. The van der Waals surface area contributed by atoms with Crippen molar-refractivity contribution in [2.45, 2.75) is 126 Å². The van der Waals surface area contributed by atoms with Crippen molar-refractivity contribution in [3.05, 3.63) is 11.6 Å². The molecule has 198 valence electrons. The van der Waals surface area contributed by atoms with Crippen molar-refractivity contribution >= 4 is 11.8 Å². The number of ether oxygens (including phenoxy) is 1. The summed E-state index contributed by atoms with van der Waals surface area (Å²) < 4.78 is 5.99. The van der Waals surface area contributed by atoms with E-state index in [0.29, 0.717) is 29.5 Å². The van der Waals surface area contributed by atoms with Gasteiger partial charge in [0.15, 0.2) is 5.78 Å². The SMILES string of the molecule is CC(=O)O[C@H](CCC(C)(C)C)[C@@H](C)[C@H]1CC[C@@]2(C)C3=CC(=O)[C@@H]4C[C@@H](C)CC[C@]4(C)C3CC[C@]12C. The average Bonchev–Trinajstić information content (AvgIpc) is 3.03.